The van der Waals surface area contributed by atoms with Crippen LogP contribution in [0.2, 0.25) is 0 Å². The maximum Gasteiger partial charge on any atom is 0.401 e. The number of nitrogens with one attached hydrogen (secondary N) is 1. The number of hydrogen-bond donors (Lipinski definition) is 2. The molecule has 19 heavy (non-hydrogen) atoms. The Bertz CT molecular complexity index is 278. The molecule has 7 heteroatoms. The number of hydrogen-bond acceptors (Lipinski definition) is 3. The summed E-state index contributed by atoms with van der Waals surface area (Å²) in [4.78, 5) is 12.8. The summed E-state index contributed by atoms with van der Waals surface area (Å²) in [5.74, 6) is -0.343. The molecule has 0 spiro atoms. The molecule has 1 saturated carbocycles. The molecule has 0 aromatic carbocycles. The predicted molar refractivity (Wildman–Crippen MR) is 66.6 cm³/mol. The van der Waals surface area contributed by atoms with Crippen molar-refractivity contribution in [1.29, 1.82) is 0 Å². The Balaban J connectivity index is 2.37. The lowest BCUT2D eigenvalue weighted by Crippen LogP contribution is -2.46. The van der Waals surface area contributed by atoms with Crippen LogP contribution >= 0.6 is 0 Å². The van der Waals surface area contributed by atoms with E-state index in [0.717, 1.165) is 30.6 Å². The van der Waals surface area contributed by atoms with Gasteiger partial charge in [-0.05, 0) is 12.8 Å². The average Bonchev–Trinajstić information content (AvgIpc) is 2.28. The summed E-state index contributed by atoms with van der Waals surface area (Å²) in [7, 11) is 0. The standard InChI is InChI=1S/C12H22F3N3O/c13-12(14,15)9-18(7-6-16)8-11(19)17-10-4-2-1-3-5-10/h10H,1-9,16H2,(H,17,19). The maximum absolute atomic E-state index is 12.3. The minimum atomic E-state index is -4.31. The summed E-state index contributed by atoms with van der Waals surface area (Å²) in [6.07, 6.45) is 0.837. The molecule has 0 aliphatic heterocycles. The average molecular weight is 281 g/mol. The van der Waals surface area contributed by atoms with Crippen molar-refractivity contribution in [3.8, 4) is 0 Å². The first-order valence-electron chi connectivity index (χ1n) is 6.69. The molecule has 0 aromatic rings. The van der Waals surface area contributed by atoms with Crippen LogP contribution in [0.3, 0.4) is 0 Å². The first-order valence-corrected chi connectivity index (χ1v) is 6.69. The Morgan fingerprint density at radius 2 is 1.89 bits per heavy atom. The van der Waals surface area contributed by atoms with E-state index in [1.165, 1.54) is 6.42 Å². The molecule has 0 heterocycles. The third-order valence-corrected chi connectivity index (χ3v) is 3.19. The number of carbonyl (C=O) groups excluding carboxylic acids is 1. The predicted octanol–water partition coefficient (Wildman–Crippen LogP) is 1.26. The number of nitrogens with two attached hydrogens (primary N) is 1. The fraction of sp³-hybridized carbons (Fsp3) is 0.917. The van der Waals surface area contributed by atoms with Gasteiger partial charge in [0, 0.05) is 19.1 Å². The topological polar surface area (TPSA) is 58.4 Å². The molecule has 1 rings (SSSR count). The summed E-state index contributed by atoms with van der Waals surface area (Å²) in [5.41, 5.74) is 5.27. The molecule has 0 saturated heterocycles. The van der Waals surface area contributed by atoms with E-state index < -0.39 is 12.7 Å². The van der Waals surface area contributed by atoms with Gasteiger partial charge in [0.25, 0.3) is 0 Å². The van der Waals surface area contributed by atoms with Crippen LogP contribution < -0.4 is 11.1 Å². The van der Waals surface area contributed by atoms with Crippen molar-refractivity contribution in [3.05, 3.63) is 0 Å². The van der Waals surface area contributed by atoms with Gasteiger partial charge in [-0.15, -0.1) is 0 Å². The Morgan fingerprint density at radius 1 is 1.26 bits per heavy atom. The smallest absolute Gasteiger partial charge is 0.352 e. The highest BCUT2D eigenvalue weighted by Crippen LogP contribution is 2.18. The van der Waals surface area contributed by atoms with Gasteiger partial charge in [-0.3, -0.25) is 9.69 Å². The Kier molecular flexibility index (Phi) is 6.57. The van der Waals surface area contributed by atoms with Crippen molar-refractivity contribution in [3.63, 3.8) is 0 Å². The van der Waals surface area contributed by atoms with E-state index in [-0.39, 0.29) is 31.6 Å². The summed E-state index contributed by atoms with van der Waals surface area (Å²) in [5, 5.41) is 2.80. The summed E-state index contributed by atoms with van der Waals surface area (Å²) >= 11 is 0. The minimum absolute atomic E-state index is 0.0671. The van der Waals surface area contributed by atoms with Gasteiger partial charge in [0.1, 0.15) is 0 Å². The van der Waals surface area contributed by atoms with E-state index in [1.54, 1.807) is 0 Å². The van der Waals surface area contributed by atoms with Gasteiger partial charge < -0.3 is 11.1 Å². The van der Waals surface area contributed by atoms with Crippen molar-refractivity contribution in [2.45, 2.75) is 44.3 Å². The Hall–Kier alpha value is -0.820. The molecular formula is C12H22F3N3O. The lowest BCUT2D eigenvalue weighted by molar-refractivity contribution is -0.148. The number of alkyl halides is 3. The van der Waals surface area contributed by atoms with Gasteiger partial charge in [0.05, 0.1) is 13.1 Å². The van der Waals surface area contributed by atoms with Gasteiger partial charge in [-0.2, -0.15) is 13.2 Å². The van der Waals surface area contributed by atoms with Crippen LogP contribution in [-0.4, -0.2) is 49.2 Å². The lowest BCUT2D eigenvalue weighted by atomic mass is 9.95. The Morgan fingerprint density at radius 3 is 2.42 bits per heavy atom. The third-order valence-electron chi connectivity index (χ3n) is 3.19. The molecule has 0 atom stereocenters. The van der Waals surface area contributed by atoms with Gasteiger partial charge in [-0.1, -0.05) is 19.3 Å². The number of rotatable bonds is 6. The molecule has 0 aromatic heterocycles. The summed E-state index contributed by atoms with van der Waals surface area (Å²) in [6, 6.07) is 0.117. The molecular weight excluding hydrogens is 259 g/mol. The number of carbonyl (C=O) groups is 1. The van der Waals surface area contributed by atoms with Crippen LogP contribution in [0.1, 0.15) is 32.1 Å². The van der Waals surface area contributed by atoms with E-state index >= 15 is 0 Å². The van der Waals surface area contributed by atoms with E-state index in [9.17, 15) is 18.0 Å². The molecule has 1 amide bonds. The number of amides is 1. The second kappa shape index (κ2) is 7.69. The molecule has 1 fully saturated rings. The lowest BCUT2D eigenvalue weighted by Gasteiger charge is -2.26. The van der Waals surface area contributed by atoms with Crippen LogP contribution in [0, 0.1) is 0 Å². The van der Waals surface area contributed by atoms with Crippen LogP contribution in [0.4, 0.5) is 13.2 Å². The molecule has 0 bridgehead atoms. The van der Waals surface area contributed by atoms with Crippen molar-refractivity contribution >= 4 is 5.91 Å². The minimum Gasteiger partial charge on any atom is -0.352 e. The highest BCUT2D eigenvalue weighted by atomic mass is 19.4. The summed E-state index contributed by atoms with van der Waals surface area (Å²) in [6.45, 7) is -1.17. The van der Waals surface area contributed by atoms with E-state index in [1.807, 2.05) is 0 Å². The highest BCUT2D eigenvalue weighted by Gasteiger charge is 2.31. The van der Waals surface area contributed by atoms with Crippen molar-refractivity contribution in [2.24, 2.45) is 5.73 Å². The van der Waals surface area contributed by atoms with Gasteiger partial charge in [0.2, 0.25) is 5.91 Å². The second-order valence-electron chi connectivity index (χ2n) is 5.02. The maximum atomic E-state index is 12.3. The van der Waals surface area contributed by atoms with Crippen molar-refractivity contribution in [2.75, 3.05) is 26.2 Å². The van der Waals surface area contributed by atoms with Crippen molar-refractivity contribution in [1.82, 2.24) is 10.2 Å². The van der Waals surface area contributed by atoms with E-state index in [0.29, 0.717) is 0 Å². The third kappa shape index (κ3) is 7.37. The van der Waals surface area contributed by atoms with Crippen LogP contribution in [0.25, 0.3) is 0 Å². The number of halogens is 3. The fourth-order valence-corrected chi connectivity index (χ4v) is 2.37. The highest BCUT2D eigenvalue weighted by molar-refractivity contribution is 5.78. The zero-order valence-electron chi connectivity index (χ0n) is 11.0. The zero-order chi connectivity index (χ0) is 14.3. The second-order valence-corrected chi connectivity index (χ2v) is 5.02. The molecule has 4 nitrogen and oxygen atoms in total. The number of nitrogens with zero attached hydrogens (tertiary/aromatic N) is 1. The normalized spacial score (nSPS) is 17.7. The molecule has 3 N–H and O–H groups in total. The van der Waals surface area contributed by atoms with E-state index in [4.69, 9.17) is 5.73 Å². The first kappa shape index (κ1) is 16.2. The van der Waals surface area contributed by atoms with Gasteiger partial charge in [-0.25, -0.2) is 0 Å². The van der Waals surface area contributed by atoms with Crippen LogP contribution in [-0.2, 0) is 4.79 Å². The SMILES string of the molecule is NCCN(CC(=O)NC1CCCCC1)CC(F)(F)F. The monoisotopic (exact) mass is 281 g/mol. The van der Waals surface area contributed by atoms with Gasteiger partial charge in [0.15, 0.2) is 0 Å². The van der Waals surface area contributed by atoms with Crippen molar-refractivity contribution < 1.29 is 18.0 Å². The molecule has 0 unspecified atom stereocenters. The fourth-order valence-electron chi connectivity index (χ4n) is 2.37. The molecule has 1 aliphatic carbocycles. The Labute approximate surface area is 111 Å². The molecule has 112 valence electrons. The quantitative estimate of drug-likeness (QED) is 0.770. The molecule has 0 radical (unpaired) electrons. The van der Waals surface area contributed by atoms with Crippen LogP contribution in [0.5, 0.6) is 0 Å². The van der Waals surface area contributed by atoms with Gasteiger partial charge >= 0.3 is 6.18 Å². The molecule has 1 aliphatic rings. The largest absolute Gasteiger partial charge is 0.401 e. The van der Waals surface area contributed by atoms with Crippen LogP contribution in [0.15, 0.2) is 0 Å². The zero-order valence-corrected chi connectivity index (χ0v) is 11.0. The summed E-state index contributed by atoms with van der Waals surface area (Å²) < 4.78 is 37.0. The first-order chi connectivity index (χ1) is 8.90. The van der Waals surface area contributed by atoms with E-state index in [2.05, 4.69) is 5.32 Å².